The van der Waals surface area contributed by atoms with Gasteiger partial charge in [0.15, 0.2) is 0 Å². The van der Waals surface area contributed by atoms with Crippen LogP contribution in [0.5, 0.6) is 0 Å². The summed E-state index contributed by atoms with van der Waals surface area (Å²) in [5, 5.41) is 0. The molecule has 2 aromatic carbocycles. The lowest BCUT2D eigenvalue weighted by Crippen LogP contribution is -2.12. The standard InChI is InChI=1S/C22H26N4/c1-21(2,3)14-9-7-13(8-10-14)19-23-15-11-17-18(12-16(15)24-19)26-20(25-17)22(4,5)6/h7-12H,1-6H3,(H,23,24)(H,25,26). The molecule has 0 spiro atoms. The third-order valence-electron chi connectivity index (χ3n) is 4.82. The van der Waals surface area contributed by atoms with Crippen molar-refractivity contribution in [3.8, 4) is 11.4 Å². The van der Waals surface area contributed by atoms with Gasteiger partial charge in [0.05, 0.1) is 22.1 Å². The Bertz CT molecular complexity index is 1030. The van der Waals surface area contributed by atoms with Gasteiger partial charge in [0.25, 0.3) is 0 Å². The van der Waals surface area contributed by atoms with E-state index in [1.807, 2.05) is 0 Å². The third-order valence-corrected chi connectivity index (χ3v) is 4.82. The second kappa shape index (κ2) is 5.44. The molecule has 4 aromatic rings. The molecule has 2 heterocycles. The van der Waals surface area contributed by atoms with Gasteiger partial charge in [0, 0.05) is 11.0 Å². The van der Waals surface area contributed by atoms with Gasteiger partial charge in [-0.3, -0.25) is 0 Å². The molecule has 0 atom stereocenters. The molecule has 4 heteroatoms. The van der Waals surface area contributed by atoms with Crippen LogP contribution in [0.3, 0.4) is 0 Å². The number of aromatic nitrogens is 4. The molecule has 26 heavy (non-hydrogen) atoms. The lowest BCUT2D eigenvalue weighted by Gasteiger charge is -2.18. The summed E-state index contributed by atoms with van der Waals surface area (Å²) in [4.78, 5) is 16.4. The number of hydrogen-bond acceptors (Lipinski definition) is 2. The smallest absolute Gasteiger partial charge is 0.138 e. The summed E-state index contributed by atoms with van der Waals surface area (Å²) in [6, 6.07) is 12.8. The van der Waals surface area contributed by atoms with Crippen LogP contribution in [0, 0.1) is 0 Å². The van der Waals surface area contributed by atoms with Gasteiger partial charge in [0.1, 0.15) is 11.6 Å². The molecule has 0 bridgehead atoms. The van der Waals surface area contributed by atoms with Crippen molar-refractivity contribution in [2.75, 3.05) is 0 Å². The van der Waals surface area contributed by atoms with Crippen LogP contribution in [0.2, 0.25) is 0 Å². The zero-order valence-corrected chi connectivity index (χ0v) is 16.4. The minimum atomic E-state index is 0.000120. The van der Waals surface area contributed by atoms with E-state index in [4.69, 9.17) is 9.97 Å². The number of nitrogens with one attached hydrogen (secondary N) is 2. The van der Waals surface area contributed by atoms with Crippen molar-refractivity contribution in [3.05, 3.63) is 47.8 Å². The summed E-state index contributed by atoms with van der Waals surface area (Å²) in [7, 11) is 0. The molecule has 2 aromatic heterocycles. The van der Waals surface area contributed by atoms with E-state index in [9.17, 15) is 0 Å². The fourth-order valence-electron chi connectivity index (χ4n) is 3.13. The molecule has 0 radical (unpaired) electrons. The number of nitrogens with zero attached hydrogens (tertiary/aromatic N) is 2. The summed E-state index contributed by atoms with van der Waals surface area (Å²) < 4.78 is 0. The predicted octanol–water partition coefficient (Wildman–Crippen LogP) is 5.70. The normalized spacial score (nSPS) is 13.0. The molecule has 0 amide bonds. The molecule has 0 fully saturated rings. The lowest BCUT2D eigenvalue weighted by atomic mass is 9.87. The first-order chi connectivity index (χ1) is 12.1. The summed E-state index contributed by atoms with van der Waals surface area (Å²) in [6.07, 6.45) is 0. The topological polar surface area (TPSA) is 57.4 Å². The maximum Gasteiger partial charge on any atom is 0.138 e. The van der Waals surface area contributed by atoms with E-state index in [0.717, 1.165) is 39.3 Å². The van der Waals surface area contributed by atoms with Crippen molar-refractivity contribution in [1.82, 2.24) is 19.9 Å². The van der Waals surface area contributed by atoms with Crippen molar-refractivity contribution in [2.24, 2.45) is 0 Å². The van der Waals surface area contributed by atoms with Gasteiger partial charge in [-0.1, -0.05) is 65.8 Å². The van der Waals surface area contributed by atoms with Crippen molar-refractivity contribution in [2.45, 2.75) is 52.4 Å². The molecule has 0 saturated carbocycles. The Balaban J connectivity index is 1.76. The average Bonchev–Trinajstić information content (AvgIpc) is 3.14. The van der Waals surface area contributed by atoms with Crippen LogP contribution in [0.4, 0.5) is 0 Å². The van der Waals surface area contributed by atoms with E-state index in [2.05, 4.69) is 87.9 Å². The highest BCUT2D eigenvalue weighted by molar-refractivity contribution is 5.92. The SMILES string of the molecule is CC(C)(C)c1ccc(-c2nc3cc4[nH]c(C(C)(C)C)nc4cc3[nH]2)cc1. The molecular formula is C22H26N4. The summed E-state index contributed by atoms with van der Waals surface area (Å²) >= 11 is 0. The van der Waals surface area contributed by atoms with Crippen molar-refractivity contribution < 1.29 is 0 Å². The molecule has 0 aliphatic carbocycles. The number of fused-ring (bicyclic) bond motifs is 2. The van der Waals surface area contributed by atoms with Crippen LogP contribution in [0.1, 0.15) is 52.9 Å². The van der Waals surface area contributed by atoms with E-state index in [1.54, 1.807) is 0 Å². The number of hydrogen-bond donors (Lipinski definition) is 2. The molecule has 0 aliphatic heterocycles. The fourth-order valence-corrected chi connectivity index (χ4v) is 3.13. The number of H-pyrrole nitrogens is 2. The van der Waals surface area contributed by atoms with Crippen LogP contribution < -0.4 is 0 Å². The van der Waals surface area contributed by atoms with Gasteiger partial charge < -0.3 is 9.97 Å². The minimum Gasteiger partial charge on any atom is -0.341 e. The monoisotopic (exact) mass is 346 g/mol. The molecule has 0 saturated heterocycles. The van der Waals surface area contributed by atoms with Gasteiger partial charge in [-0.05, 0) is 23.1 Å². The highest BCUT2D eigenvalue weighted by Crippen LogP contribution is 2.28. The van der Waals surface area contributed by atoms with Crippen LogP contribution >= 0.6 is 0 Å². The third kappa shape index (κ3) is 2.90. The Labute approximate surface area is 154 Å². The summed E-state index contributed by atoms with van der Waals surface area (Å²) in [6.45, 7) is 13.2. The fraction of sp³-hybridized carbons (Fsp3) is 0.364. The van der Waals surface area contributed by atoms with Crippen molar-refractivity contribution in [1.29, 1.82) is 0 Å². The van der Waals surface area contributed by atoms with Crippen LogP contribution in [0.15, 0.2) is 36.4 Å². The van der Waals surface area contributed by atoms with Crippen LogP contribution in [0.25, 0.3) is 33.5 Å². The first-order valence-electron chi connectivity index (χ1n) is 9.12. The maximum absolute atomic E-state index is 4.79. The Morgan fingerprint density at radius 2 is 1.27 bits per heavy atom. The highest BCUT2D eigenvalue weighted by Gasteiger charge is 2.19. The van der Waals surface area contributed by atoms with Crippen molar-refractivity contribution in [3.63, 3.8) is 0 Å². The van der Waals surface area contributed by atoms with E-state index in [0.29, 0.717) is 0 Å². The molecule has 0 unspecified atom stereocenters. The molecule has 134 valence electrons. The Morgan fingerprint density at radius 1 is 0.692 bits per heavy atom. The van der Waals surface area contributed by atoms with Gasteiger partial charge in [-0.2, -0.15) is 0 Å². The number of aromatic amines is 2. The number of rotatable bonds is 1. The van der Waals surface area contributed by atoms with Gasteiger partial charge >= 0.3 is 0 Å². The second-order valence-corrected chi connectivity index (χ2v) is 9.13. The Kier molecular flexibility index (Phi) is 3.52. The molecule has 2 N–H and O–H groups in total. The lowest BCUT2D eigenvalue weighted by molar-refractivity contribution is 0.554. The summed E-state index contributed by atoms with van der Waals surface area (Å²) in [5.74, 6) is 1.89. The first-order valence-corrected chi connectivity index (χ1v) is 9.12. The number of benzene rings is 2. The Morgan fingerprint density at radius 3 is 1.85 bits per heavy atom. The molecule has 0 aliphatic rings. The van der Waals surface area contributed by atoms with E-state index in [-0.39, 0.29) is 10.8 Å². The predicted molar refractivity (Wildman–Crippen MR) is 109 cm³/mol. The number of imidazole rings is 2. The maximum atomic E-state index is 4.79. The highest BCUT2D eigenvalue weighted by atomic mass is 15.0. The van der Waals surface area contributed by atoms with E-state index in [1.165, 1.54) is 5.56 Å². The molecular weight excluding hydrogens is 320 g/mol. The minimum absolute atomic E-state index is 0.000120. The zero-order chi connectivity index (χ0) is 18.7. The zero-order valence-electron chi connectivity index (χ0n) is 16.4. The van der Waals surface area contributed by atoms with Gasteiger partial charge in [-0.15, -0.1) is 0 Å². The molecule has 4 nitrogen and oxygen atoms in total. The van der Waals surface area contributed by atoms with Gasteiger partial charge in [0.2, 0.25) is 0 Å². The molecule has 4 rings (SSSR count). The quantitative estimate of drug-likeness (QED) is 0.464. The van der Waals surface area contributed by atoms with Crippen molar-refractivity contribution >= 4 is 22.1 Å². The first kappa shape index (κ1) is 16.8. The van der Waals surface area contributed by atoms with Crippen LogP contribution in [-0.2, 0) is 10.8 Å². The van der Waals surface area contributed by atoms with E-state index >= 15 is 0 Å². The van der Waals surface area contributed by atoms with Crippen LogP contribution in [-0.4, -0.2) is 19.9 Å². The van der Waals surface area contributed by atoms with Gasteiger partial charge in [-0.25, -0.2) is 9.97 Å². The largest absolute Gasteiger partial charge is 0.341 e. The Hall–Kier alpha value is -2.62. The van der Waals surface area contributed by atoms with E-state index < -0.39 is 0 Å². The summed E-state index contributed by atoms with van der Waals surface area (Å²) in [5.41, 5.74) is 6.55. The second-order valence-electron chi connectivity index (χ2n) is 9.13. The average molecular weight is 346 g/mol.